The number of fused-ring (bicyclic) bond motifs is 1. The van der Waals surface area contributed by atoms with Crippen LogP contribution in [-0.2, 0) is 15.7 Å². The van der Waals surface area contributed by atoms with E-state index in [2.05, 4.69) is 10.3 Å². The van der Waals surface area contributed by atoms with Gasteiger partial charge in [0.05, 0.1) is 40.7 Å². The molecule has 0 amide bonds. The number of halogens is 3. The molecule has 2 aromatic carbocycles. The van der Waals surface area contributed by atoms with E-state index in [0.29, 0.717) is 5.52 Å². The van der Waals surface area contributed by atoms with Gasteiger partial charge in [-0.2, -0.15) is 13.2 Å². The number of ether oxygens (including phenoxy) is 2. The number of carbonyl (C=O) groups is 2. The molecular weight excluding hydrogens is 425 g/mol. The summed E-state index contributed by atoms with van der Waals surface area (Å²) < 4.78 is 50.8. The quantitative estimate of drug-likeness (QED) is 0.487. The second kappa shape index (κ2) is 9.25. The first-order chi connectivity index (χ1) is 15.1. The first kappa shape index (κ1) is 23.1. The van der Waals surface area contributed by atoms with Crippen molar-refractivity contribution in [2.24, 2.45) is 0 Å². The van der Waals surface area contributed by atoms with E-state index in [0.717, 1.165) is 6.07 Å². The summed E-state index contributed by atoms with van der Waals surface area (Å²) in [6.07, 6.45) is -3.76. The van der Waals surface area contributed by atoms with E-state index >= 15 is 0 Å². The van der Waals surface area contributed by atoms with Crippen molar-refractivity contribution in [2.45, 2.75) is 33.1 Å². The number of alkyl halides is 3. The number of rotatable bonds is 6. The lowest BCUT2D eigenvalue weighted by atomic mass is 10.0. The van der Waals surface area contributed by atoms with E-state index in [1.165, 1.54) is 42.6 Å². The SMILES string of the molecule is CCOC(=O)c1cnc2ccc(C(=O)OC(C)C)cc2c1Nc1ccccc1C(F)(F)F. The highest BCUT2D eigenvalue weighted by Gasteiger charge is 2.33. The third-order valence-corrected chi connectivity index (χ3v) is 4.43. The average Bonchev–Trinajstić information content (AvgIpc) is 2.73. The molecule has 0 spiro atoms. The molecule has 1 N–H and O–H groups in total. The Morgan fingerprint density at radius 3 is 2.47 bits per heavy atom. The van der Waals surface area contributed by atoms with Crippen molar-refractivity contribution in [3.63, 3.8) is 0 Å². The molecule has 0 aliphatic carbocycles. The Balaban J connectivity index is 2.22. The average molecular weight is 446 g/mol. The molecule has 0 bridgehead atoms. The largest absolute Gasteiger partial charge is 0.462 e. The van der Waals surface area contributed by atoms with Gasteiger partial charge >= 0.3 is 18.1 Å². The summed E-state index contributed by atoms with van der Waals surface area (Å²) in [6, 6.07) is 9.34. The molecule has 1 heterocycles. The summed E-state index contributed by atoms with van der Waals surface area (Å²) >= 11 is 0. The lowest BCUT2D eigenvalue weighted by Gasteiger charge is -2.18. The Morgan fingerprint density at radius 1 is 1.09 bits per heavy atom. The van der Waals surface area contributed by atoms with Crippen LogP contribution in [0.3, 0.4) is 0 Å². The van der Waals surface area contributed by atoms with Crippen LogP contribution in [0.15, 0.2) is 48.7 Å². The third kappa shape index (κ3) is 4.99. The molecule has 0 fully saturated rings. The molecular formula is C23H21F3N2O4. The van der Waals surface area contributed by atoms with Crippen molar-refractivity contribution in [2.75, 3.05) is 11.9 Å². The first-order valence-electron chi connectivity index (χ1n) is 9.86. The van der Waals surface area contributed by atoms with Crippen molar-refractivity contribution in [1.29, 1.82) is 0 Å². The van der Waals surface area contributed by atoms with E-state index < -0.39 is 23.7 Å². The van der Waals surface area contributed by atoms with Gasteiger partial charge in [-0.3, -0.25) is 4.98 Å². The number of hydrogen-bond donors (Lipinski definition) is 1. The predicted molar refractivity (Wildman–Crippen MR) is 113 cm³/mol. The molecule has 3 aromatic rings. The van der Waals surface area contributed by atoms with Gasteiger partial charge in [-0.25, -0.2) is 9.59 Å². The number of nitrogens with zero attached hydrogens (tertiary/aromatic N) is 1. The molecule has 0 aliphatic rings. The maximum Gasteiger partial charge on any atom is 0.418 e. The van der Waals surface area contributed by atoms with E-state index in [9.17, 15) is 22.8 Å². The highest BCUT2D eigenvalue weighted by molar-refractivity contribution is 6.07. The number of carbonyl (C=O) groups excluding carboxylic acids is 2. The minimum atomic E-state index is -4.62. The fourth-order valence-corrected chi connectivity index (χ4v) is 3.07. The molecule has 0 atom stereocenters. The number of pyridine rings is 1. The normalized spacial score (nSPS) is 11.5. The van der Waals surface area contributed by atoms with Crippen LogP contribution >= 0.6 is 0 Å². The van der Waals surface area contributed by atoms with Gasteiger partial charge in [0.1, 0.15) is 5.56 Å². The van der Waals surface area contributed by atoms with Crippen molar-refractivity contribution in [1.82, 2.24) is 4.98 Å². The Hall–Kier alpha value is -3.62. The number of anilines is 2. The van der Waals surface area contributed by atoms with Crippen LogP contribution in [0.1, 0.15) is 47.1 Å². The van der Waals surface area contributed by atoms with Gasteiger partial charge in [-0.05, 0) is 51.1 Å². The highest BCUT2D eigenvalue weighted by atomic mass is 19.4. The molecule has 168 valence electrons. The molecule has 3 rings (SSSR count). The fourth-order valence-electron chi connectivity index (χ4n) is 3.07. The fraction of sp³-hybridized carbons (Fsp3) is 0.261. The van der Waals surface area contributed by atoms with Crippen molar-refractivity contribution in [3.05, 3.63) is 65.4 Å². The van der Waals surface area contributed by atoms with E-state index in [1.54, 1.807) is 20.8 Å². The third-order valence-electron chi connectivity index (χ3n) is 4.43. The zero-order valence-corrected chi connectivity index (χ0v) is 17.6. The first-order valence-corrected chi connectivity index (χ1v) is 9.86. The number of aromatic nitrogens is 1. The smallest absolute Gasteiger partial charge is 0.418 e. The van der Waals surface area contributed by atoms with Crippen molar-refractivity contribution >= 4 is 34.2 Å². The Labute approximate surface area is 182 Å². The maximum absolute atomic E-state index is 13.5. The molecule has 1 aromatic heterocycles. The summed E-state index contributed by atoms with van der Waals surface area (Å²) in [6.45, 7) is 5.06. The van der Waals surface area contributed by atoms with Gasteiger partial charge < -0.3 is 14.8 Å². The van der Waals surface area contributed by atoms with Crippen LogP contribution in [0.5, 0.6) is 0 Å². The van der Waals surface area contributed by atoms with Crippen LogP contribution in [-0.4, -0.2) is 29.6 Å². The molecule has 9 heteroatoms. The standard InChI is InChI=1S/C23H21F3N2O4/c1-4-31-22(30)16-12-27-18-10-9-14(21(29)32-13(2)3)11-15(18)20(16)28-19-8-6-5-7-17(19)23(24,25)26/h5-13H,4H2,1-3H3,(H,27,28). The van der Waals surface area contributed by atoms with Crippen LogP contribution in [0.25, 0.3) is 10.9 Å². The van der Waals surface area contributed by atoms with Crippen LogP contribution in [0, 0.1) is 0 Å². The minimum absolute atomic E-state index is 0.0457. The topological polar surface area (TPSA) is 77.5 Å². The van der Waals surface area contributed by atoms with Crippen LogP contribution < -0.4 is 5.32 Å². The van der Waals surface area contributed by atoms with Gasteiger partial charge in [0.2, 0.25) is 0 Å². The number of hydrogen-bond acceptors (Lipinski definition) is 6. The van der Waals surface area contributed by atoms with Gasteiger partial charge in [0.15, 0.2) is 0 Å². The molecule has 0 aliphatic heterocycles. The maximum atomic E-state index is 13.5. The summed E-state index contributed by atoms with van der Waals surface area (Å²) in [5.41, 5.74) is -0.647. The van der Waals surface area contributed by atoms with Crippen LogP contribution in [0.4, 0.5) is 24.5 Å². The lowest BCUT2D eigenvalue weighted by Crippen LogP contribution is -2.13. The lowest BCUT2D eigenvalue weighted by molar-refractivity contribution is -0.136. The zero-order valence-electron chi connectivity index (χ0n) is 17.6. The van der Waals surface area contributed by atoms with E-state index in [-0.39, 0.29) is 40.6 Å². The summed E-state index contributed by atoms with van der Waals surface area (Å²) in [7, 11) is 0. The second-order valence-corrected chi connectivity index (χ2v) is 7.12. The predicted octanol–water partition coefficient (Wildman–Crippen LogP) is 5.74. The Kier molecular flexibility index (Phi) is 6.67. The highest BCUT2D eigenvalue weighted by Crippen LogP contribution is 2.38. The summed E-state index contributed by atoms with van der Waals surface area (Å²) in [5.74, 6) is -1.37. The Morgan fingerprint density at radius 2 is 1.81 bits per heavy atom. The Bertz CT molecular complexity index is 1160. The molecule has 32 heavy (non-hydrogen) atoms. The molecule has 0 saturated carbocycles. The van der Waals surface area contributed by atoms with Gasteiger partial charge in [-0.1, -0.05) is 12.1 Å². The number of nitrogens with one attached hydrogen (secondary N) is 1. The van der Waals surface area contributed by atoms with Crippen molar-refractivity contribution in [3.8, 4) is 0 Å². The second-order valence-electron chi connectivity index (χ2n) is 7.12. The summed E-state index contributed by atoms with van der Waals surface area (Å²) in [4.78, 5) is 29.1. The van der Waals surface area contributed by atoms with Gasteiger partial charge in [-0.15, -0.1) is 0 Å². The van der Waals surface area contributed by atoms with Crippen molar-refractivity contribution < 1.29 is 32.2 Å². The van der Waals surface area contributed by atoms with Gasteiger partial charge in [0, 0.05) is 11.6 Å². The zero-order chi connectivity index (χ0) is 23.5. The summed E-state index contributed by atoms with van der Waals surface area (Å²) in [5, 5.41) is 2.99. The monoisotopic (exact) mass is 446 g/mol. The van der Waals surface area contributed by atoms with E-state index in [4.69, 9.17) is 9.47 Å². The molecule has 0 unspecified atom stereocenters. The molecule has 6 nitrogen and oxygen atoms in total. The number of benzene rings is 2. The number of para-hydroxylation sites is 1. The number of esters is 2. The molecule has 0 saturated heterocycles. The van der Waals surface area contributed by atoms with Crippen LogP contribution in [0.2, 0.25) is 0 Å². The van der Waals surface area contributed by atoms with E-state index in [1.807, 2.05) is 0 Å². The molecule has 0 radical (unpaired) electrons. The minimum Gasteiger partial charge on any atom is -0.462 e. The van der Waals surface area contributed by atoms with Gasteiger partial charge in [0.25, 0.3) is 0 Å².